The van der Waals surface area contributed by atoms with Crippen molar-refractivity contribution in [2.24, 2.45) is 0 Å². The number of likely N-dealkylation sites (tertiary alicyclic amines) is 1. The van der Waals surface area contributed by atoms with Crippen molar-refractivity contribution in [2.75, 3.05) is 13.1 Å². The van der Waals surface area contributed by atoms with Gasteiger partial charge < -0.3 is 4.90 Å². The first-order valence-electron chi connectivity index (χ1n) is 11.3. The van der Waals surface area contributed by atoms with Crippen molar-refractivity contribution in [1.29, 1.82) is 0 Å². The lowest BCUT2D eigenvalue weighted by molar-refractivity contribution is 0.0707. The first-order valence-corrected chi connectivity index (χ1v) is 11.3. The van der Waals surface area contributed by atoms with E-state index in [1.807, 2.05) is 43.1 Å². The predicted molar refractivity (Wildman–Crippen MR) is 124 cm³/mol. The first-order chi connectivity index (χ1) is 16.0. The number of halogens is 1. The molecule has 3 aromatic heterocycles. The minimum absolute atomic E-state index is 0.0325. The summed E-state index contributed by atoms with van der Waals surface area (Å²) in [5, 5.41) is 4.37. The number of amides is 1. The Hall–Kier alpha value is -3.61. The van der Waals surface area contributed by atoms with E-state index < -0.39 is 0 Å². The zero-order valence-corrected chi connectivity index (χ0v) is 18.8. The molecule has 0 spiro atoms. The van der Waals surface area contributed by atoms with E-state index in [4.69, 9.17) is 4.98 Å². The van der Waals surface area contributed by atoms with E-state index in [0.717, 1.165) is 47.6 Å². The highest BCUT2D eigenvalue weighted by atomic mass is 19.1. The van der Waals surface area contributed by atoms with Gasteiger partial charge in [0.05, 0.1) is 6.20 Å². The van der Waals surface area contributed by atoms with Crippen LogP contribution >= 0.6 is 0 Å². The molecular formula is C26H26FN5O. The van der Waals surface area contributed by atoms with Crippen LogP contribution in [0.3, 0.4) is 0 Å². The number of pyridine rings is 1. The van der Waals surface area contributed by atoms with Gasteiger partial charge in [-0.3, -0.25) is 9.78 Å². The molecule has 0 saturated carbocycles. The highest BCUT2D eigenvalue weighted by Crippen LogP contribution is 2.27. The molecule has 0 aliphatic carbocycles. The summed E-state index contributed by atoms with van der Waals surface area (Å²) in [6.07, 6.45) is 6.04. The lowest BCUT2D eigenvalue weighted by Crippen LogP contribution is -2.39. The molecule has 0 radical (unpaired) electrons. The minimum atomic E-state index is -0.226. The van der Waals surface area contributed by atoms with Crippen LogP contribution in [0.5, 0.6) is 0 Å². The molecule has 1 fully saturated rings. The summed E-state index contributed by atoms with van der Waals surface area (Å²) in [7, 11) is 0. The van der Waals surface area contributed by atoms with E-state index in [-0.39, 0.29) is 17.6 Å². The molecule has 0 bridgehead atoms. The van der Waals surface area contributed by atoms with Crippen molar-refractivity contribution < 1.29 is 9.18 Å². The summed E-state index contributed by atoms with van der Waals surface area (Å²) in [5.41, 5.74) is 5.92. The molecule has 1 aromatic carbocycles. The highest BCUT2D eigenvalue weighted by Gasteiger charge is 2.28. The molecule has 4 heterocycles. The van der Waals surface area contributed by atoms with Gasteiger partial charge in [0, 0.05) is 42.3 Å². The second kappa shape index (κ2) is 8.73. The van der Waals surface area contributed by atoms with Crippen molar-refractivity contribution in [3.63, 3.8) is 0 Å². The first kappa shape index (κ1) is 21.2. The SMILES string of the molecule is Cc1cc(C)n2ncc(C(=O)N3CCC[C@@H](c4ccc(Cc5cccc(F)c5)cn4)C3)c2n1. The molecule has 33 heavy (non-hydrogen) atoms. The van der Waals surface area contributed by atoms with E-state index in [2.05, 4.69) is 16.1 Å². The summed E-state index contributed by atoms with van der Waals surface area (Å²) in [5.74, 6) is -0.0742. The Labute approximate surface area is 192 Å². The molecule has 7 heteroatoms. The monoisotopic (exact) mass is 443 g/mol. The Morgan fingerprint density at radius 3 is 2.79 bits per heavy atom. The third kappa shape index (κ3) is 4.35. The average Bonchev–Trinajstić information content (AvgIpc) is 3.23. The fraction of sp³-hybridized carbons (Fsp3) is 0.308. The number of carbonyl (C=O) groups excluding carboxylic acids is 1. The molecule has 1 atom stereocenters. The summed E-state index contributed by atoms with van der Waals surface area (Å²) in [4.78, 5) is 24.5. The molecule has 0 unspecified atom stereocenters. The summed E-state index contributed by atoms with van der Waals surface area (Å²) in [6, 6.07) is 12.7. The molecule has 6 nitrogen and oxygen atoms in total. The Kier molecular flexibility index (Phi) is 5.62. The number of hydrogen-bond donors (Lipinski definition) is 0. The fourth-order valence-corrected chi connectivity index (χ4v) is 4.66. The van der Waals surface area contributed by atoms with Crippen molar-refractivity contribution in [2.45, 2.75) is 39.0 Å². The van der Waals surface area contributed by atoms with Crippen molar-refractivity contribution in [3.05, 3.63) is 94.4 Å². The van der Waals surface area contributed by atoms with E-state index in [1.54, 1.807) is 22.8 Å². The zero-order valence-electron chi connectivity index (χ0n) is 18.8. The maximum atomic E-state index is 13.4. The van der Waals surface area contributed by atoms with Gasteiger partial charge in [-0.05, 0) is 68.5 Å². The number of rotatable bonds is 4. The molecule has 1 aliphatic rings. The molecule has 1 saturated heterocycles. The van der Waals surface area contributed by atoms with Gasteiger partial charge in [0.15, 0.2) is 5.65 Å². The van der Waals surface area contributed by atoms with E-state index in [0.29, 0.717) is 24.2 Å². The molecule has 168 valence electrons. The van der Waals surface area contributed by atoms with Crippen molar-refractivity contribution in [3.8, 4) is 0 Å². The van der Waals surface area contributed by atoms with Gasteiger partial charge in [-0.25, -0.2) is 13.9 Å². The van der Waals surface area contributed by atoms with Crippen LogP contribution < -0.4 is 0 Å². The number of fused-ring (bicyclic) bond motifs is 1. The number of benzene rings is 1. The Balaban J connectivity index is 1.31. The van der Waals surface area contributed by atoms with Gasteiger partial charge in [-0.15, -0.1) is 0 Å². The number of hydrogen-bond acceptors (Lipinski definition) is 4. The Bertz CT molecular complexity index is 1310. The van der Waals surface area contributed by atoms with Gasteiger partial charge in [-0.2, -0.15) is 5.10 Å². The van der Waals surface area contributed by atoms with Crippen LogP contribution in [-0.2, 0) is 6.42 Å². The van der Waals surface area contributed by atoms with Crippen molar-refractivity contribution >= 4 is 11.6 Å². The topological polar surface area (TPSA) is 63.4 Å². The minimum Gasteiger partial charge on any atom is -0.338 e. The number of aryl methyl sites for hydroxylation is 2. The Morgan fingerprint density at radius 1 is 1.12 bits per heavy atom. The van der Waals surface area contributed by atoms with E-state index in [9.17, 15) is 9.18 Å². The van der Waals surface area contributed by atoms with Crippen LogP contribution in [0.4, 0.5) is 4.39 Å². The molecule has 0 N–H and O–H groups in total. The second-order valence-electron chi connectivity index (χ2n) is 8.82. The highest BCUT2D eigenvalue weighted by molar-refractivity contribution is 5.99. The summed E-state index contributed by atoms with van der Waals surface area (Å²) >= 11 is 0. The van der Waals surface area contributed by atoms with Gasteiger partial charge in [-0.1, -0.05) is 18.2 Å². The van der Waals surface area contributed by atoms with Crippen LogP contribution in [0.1, 0.15) is 57.3 Å². The van der Waals surface area contributed by atoms with Crippen LogP contribution in [-0.4, -0.2) is 43.5 Å². The quantitative estimate of drug-likeness (QED) is 0.466. The number of nitrogens with zero attached hydrogens (tertiary/aromatic N) is 5. The third-order valence-corrected chi connectivity index (χ3v) is 6.28. The van der Waals surface area contributed by atoms with E-state index in [1.165, 1.54) is 6.07 Å². The van der Waals surface area contributed by atoms with Crippen molar-refractivity contribution in [1.82, 2.24) is 24.5 Å². The van der Waals surface area contributed by atoms with Gasteiger partial charge in [0.25, 0.3) is 5.91 Å². The molecule has 1 amide bonds. The van der Waals surface area contributed by atoms with Crippen LogP contribution in [0.15, 0.2) is 54.9 Å². The van der Waals surface area contributed by atoms with Gasteiger partial charge >= 0.3 is 0 Å². The molecule has 4 aromatic rings. The largest absolute Gasteiger partial charge is 0.338 e. The maximum Gasteiger partial charge on any atom is 0.259 e. The zero-order chi connectivity index (χ0) is 22.9. The molecule has 1 aliphatic heterocycles. The van der Waals surface area contributed by atoms with Gasteiger partial charge in [0.1, 0.15) is 11.4 Å². The van der Waals surface area contributed by atoms with E-state index >= 15 is 0 Å². The molecule has 5 rings (SSSR count). The third-order valence-electron chi connectivity index (χ3n) is 6.28. The molecular weight excluding hydrogens is 417 g/mol. The standard InChI is InChI=1S/C26H26FN5O/c1-17-11-18(2)32-25(30-17)23(15-29-32)26(33)31-10-4-6-21(16-31)24-9-8-20(14-28-24)12-19-5-3-7-22(27)13-19/h3,5,7-9,11,13-15,21H,4,6,10,12,16H2,1-2H3/t21-/m1/s1. The maximum absolute atomic E-state index is 13.4. The average molecular weight is 444 g/mol. The number of aromatic nitrogens is 4. The second-order valence-corrected chi connectivity index (χ2v) is 8.82. The summed E-state index contributed by atoms with van der Waals surface area (Å²) in [6.45, 7) is 5.23. The fourth-order valence-electron chi connectivity index (χ4n) is 4.66. The number of piperidine rings is 1. The van der Waals surface area contributed by atoms with Crippen LogP contribution in [0.2, 0.25) is 0 Å². The smallest absolute Gasteiger partial charge is 0.259 e. The number of carbonyl (C=O) groups is 1. The lowest BCUT2D eigenvalue weighted by atomic mass is 9.93. The predicted octanol–water partition coefficient (Wildman–Crippen LogP) is 4.49. The summed E-state index contributed by atoms with van der Waals surface area (Å²) < 4.78 is 15.2. The van der Waals surface area contributed by atoms with Gasteiger partial charge in [0.2, 0.25) is 0 Å². The Morgan fingerprint density at radius 2 is 2.00 bits per heavy atom. The van der Waals surface area contributed by atoms with Crippen LogP contribution in [0, 0.1) is 19.7 Å². The van der Waals surface area contributed by atoms with Crippen LogP contribution in [0.25, 0.3) is 5.65 Å². The lowest BCUT2D eigenvalue weighted by Gasteiger charge is -2.32. The normalized spacial score (nSPS) is 16.3.